The third-order valence-corrected chi connectivity index (χ3v) is 4.23. The zero-order valence-electron chi connectivity index (χ0n) is 14.6. The molecule has 1 heterocycles. The minimum atomic E-state index is -0.243. The maximum atomic E-state index is 12.1. The van der Waals surface area contributed by atoms with E-state index in [0.717, 1.165) is 18.6 Å². The molecule has 0 aliphatic carbocycles. The van der Waals surface area contributed by atoms with Gasteiger partial charge in [0.1, 0.15) is 5.75 Å². The van der Waals surface area contributed by atoms with Crippen LogP contribution in [-0.4, -0.2) is 38.4 Å². The third kappa shape index (κ3) is 4.86. The van der Waals surface area contributed by atoms with Gasteiger partial charge in [-0.25, -0.2) is 4.79 Å². The van der Waals surface area contributed by atoms with Crippen LogP contribution in [0.3, 0.4) is 0 Å². The van der Waals surface area contributed by atoms with Crippen molar-refractivity contribution in [2.24, 2.45) is 0 Å². The number of benzene rings is 1. The van der Waals surface area contributed by atoms with Gasteiger partial charge in [-0.3, -0.25) is 0 Å². The van der Waals surface area contributed by atoms with Gasteiger partial charge in [-0.2, -0.15) is 0 Å². The standard InChI is InChI=1S/C18H28N2O3/c1-17(2,3)20-16(21)19-13-18(9-11-23-12-10-18)14-5-7-15(22-4)8-6-14/h5-8H,9-13H2,1-4H3,(H2,19,20,21). The summed E-state index contributed by atoms with van der Waals surface area (Å²) in [6, 6.07) is 8.00. The zero-order valence-corrected chi connectivity index (χ0v) is 14.6. The van der Waals surface area contributed by atoms with Gasteiger partial charge in [-0.1, -0.05) is 12.1 Å². The number of carbonyl (C=O) groups excluding carboxylic acids is 1. The topological polar surface area (TPSA) is 59.6 Å². The lowest BCUT2D eigenvalue weighted by Crippen LogP contribution is -2.51. The van der Waals surface area contributed by atoms with Gasteiger partial charge in [0.05, 0.1) is 7.11 Å². The Balaban J connectivity index is 2.10. The molecule has 0 aromatic heterocycles. The fourth-order valence-electron chi connectivity index (χ4n) is 2.91. The summed E-state index contributed by atoms with van der Waals surface area (Å²) in [7, 11) is 1.66. The number of nitrogens with one attached hydrogen (secondary N) is 2. The first-order valence-corrected chi connectivity index (χ1v) is 8.13. The molecule has 0 spiro atoms. The number of hydrogen-bond acceptors (Lipinski definition) is 3. The highest BCUT2D eigenvalue weighted by molar-refractivity contribution is 5.74. The number of hydrogen-bond donors (Lipinski definition) is 2. The molecule has 0 radical (unpaired) electrons. The van der Waals surface area contributed by atoms with E-state index in [1.165, 1.54) is 5.56 Å². The Morgan fingerprint density at radius 3 is 2.35 bits per heavy atom. The highest BCUT2D eigenvalue weighted by Crippen LogP contribution is 2.35. The fourth-order valence-corrected chi connectivity index (χ4v) is 2.91. The number of carbonyl (C=O) groups is 1. The Labute approximate surface area is 138 Å². The van der Waals surface area contributed by atoms with Crippen LogP contribution in [0, 0.1) is 0 Å². The van der Waals surface area contributed by atoms with E-state index in [4.69, 9.17) is 9.47 Å². The summed E-state index contributed by atoms with van der Waals surface area (Å²) in [5.74, 6) is 0.842. The van der Waals surface area contributed by atoms with Crippen LogP contribution in [0.2, 0.25) is 0 Å². The van der Waals surface area contributed by atoms with E-state index in [2.05, 4.69) is 22.8 Å². The predicted molar refractivity (Wildman–Crippen MR) is 91.0 cm³/mol. The number of rotatable bonds is 4. The maximum Gasteiger partial charge on any atom is 0.315 e. The van der Waals surface area contributed by atoms with E-state index in [1.54, 1.807) is 7.11 Å². The lowest BCUT2D eigenvalue weighted by molar-refractivity contribution is 0.0506. The first-order chi connectivity index (χ1) is 10.8. The fraction of sp³-hybridized carbons (Fsp3) is 0.611. The van der Waals surface area contributed by atoms with E-state index in [-0.39, 0.29) is 17.0 Å². The lowest BCUT2D eigenvalue weighted by atomic mass is 9.74. The molecular weight excluding hydrogens is 292 g/mol. The number of urea groups is 1. The highest BCUT2D eigenvalue weighted by Gasteiger charge is 2.35. The molecule has 1 fully saturated rings. The average molecular weight is 320 g/mol. The molecule has 1 aliphatic rings. The average Bonchev–Trinajstić information content (AvgIpc) is 2.52. The minimum Gasteiger partial charge on any atom is -0.497 e. The van der Waals surface area contributed by atoms with Gasteiger partial charge in [-0.15, -0.1) is 0 Å². The van der Waals surface area contributed by atoms with Crippen LogP contribution in [0.15, 0.2) is 24.3 Å². The van der Waals surface area contributed by atoms with Crippen molar-refractivity contribution in [1.82, 2.24) is 10.6 Å². The molecule has 5 nitrogen and oxygen atoms in total. The first kappa shape index (κ1) is 17.6. The zero-order chi connectivity index (χ0) is 16.9. The largest absolute Gasteiger partial charge is 0.497 e. The van der Waals surface area contributed by atoms with Crippen LogP contribution in [-0.2, 0) is 10.2 Å². The quantitative estimate of drug-likeness (QED) is 0.897. The van der Waals surface area contributed by atoms with E-state index < -0.39 is 0 Å². The molecule has 2 N–H and O–H groups in total. The molecule has 2 rings (SSSR count). The second-order valence-electron chi connectivity index (χ2n) is 7.18. The van der Waals surface area contributed by atoms with Crippen LogP contribution in [0.1, 0.15) is 39.2 Å². The molecule has 0 saturated carbocycles. The van der Waals surface area contributed by atoms with Crippen LogP contribution in [0.25, 0.3) is 0 Å². The van der Waals surface area contributed by atoms with Gasteiger partial charge in [0.25, 0.3) is 0 Å². The maximum absolute atomic E-state index is 12.1. The Morgan fingerprint density at radius 1 is 1.22 bits per heavy atom. The summed E-state index contributed by atoms with van der Waals surface area (Å²) < 4.78 is 10.8. The summed E-state index contributed by atoms with van der Waals surface area (Å²) in [5, 5.41) is 5.98. The van der Waals surface area contributed by atoms with Crippen molar-refractivity contribution in [3.8, 4) is 5.75 Å². The van der Waals surface area contributed by atoms with Gasteiger partial charge in [0, 0.05) is 30.7 Å². The van der Waals surface area contributed by atoms with Crippen molar-refractivity contribution in [3.05, 3.63) is 29.8 Å². The van der Waals surface area contributed by atoms with Gasteiger partial charge in [0.2, 0.25) is 0 Å². The summed E-state index contributed by atoms with van der Waals surface area (Å²) in [5.41, 5.74) is 0.893. The highest BCUT2D eigenvalue weighted by atomic mass is 16.5. The molecule has 1 aromatic carbocycles. The van der Waals surface area contributed by atoms with Crippen LogP contribution >= 0.6 is 0 Å². The molecule has 128 valence electrons. The Bertz CT molecular complexity index is 514. The lowest BCUT2D eigenvalue weighted by Gasteiger charge is -2.38. The van der Waals surface area contributed by atoms with Crippen molar-refractivity contribution in [2.75, 3.05) is 26.9 Å². The first-order valence-electron chi connectivity index (χ1n) is 8.13. The monoisotopic (exact) mass is 320 g/mol. The molecule has 1 aromatic rings. The normalized spacial score (nSPS) is 17.4. The van der Waals surface area contributed by atoms with Crippen molar-refractivity contribution < 1.29 is 14.3 Å². The molecule has 5 heteroatoms. The van der Waals surface area contributed by atoms with E-state index in [1.807, 2.05) is 32.9 Å². The summed E-state index contributed by atoms with van der Waals surface area (Å²) in [4.78, 5) is 12.1. The van der Waals surface area contributed by atoms with Crippen molar-refractivity contribution in [2.45, 2.75) is 44.6 Å². The Hall–Kier alpha value is -1.75. The van der Waals surface area contributed by atoms with Crippen molar-refractivity contribution >= 4 is 6.03 Å². The minimum absolute atomic E-state index is 0.0836. The van der Waals surface area contributed by atoms with Gasteiger partial charge < -0.3 is 20.1 Å². The number of ether oxygens (including phenoxy) is 2. The smallest absolute Gasteiger partial charge is 0.315 e. The second-order valence-corrected chi connectivity index (χ2v) is 7.18. The van der Waals surface area contributed by atoms with E-state index >= 15 is 0 Å². The van der Waals surface area contributed by atoms with Crippen molar-refractivity contribution in [1.29, 1.82) is 0 Å². The number of amides is 2. The van der Waals surface area contributed by atoms with E-state index in [0.29, 0.717) is 19.8 Å². The van der Waals surface area contributed by atoms with Crippen LogP contribution in [0.4, 0.5) is 4.79 Å². The molecule has 0 unspecified atom stereocenters. The molecule has 1 saturated heterocycles. The summed E-state index contributed by atoms with van der Waals surface area (Å²) >= 11 is 0. The van der Waals surface area contributed by atoms with Gasteiger partial charge in [-0.05, 0) is 51.3 Å². The molecule has 2 amide bonds. The number of methoxy groups -OCH3 is 1. The molecule has 1 aliphatic heterocycles. The SMILES string of the molecule is COc1ccc(C2(CNC(=O)NC(C)(C)C)CCOCC2)cc1. The molecule has 23 heavy (non-hydrogen) atoms. The third-order valence-electron chi connectivity index (χ3n) is 4.23. The van der Waals surface area contributed by atoms with Gasteiger partial charge >= 0.3 is 6.03 Å². The molecule has 0 bridgehead atoms. The van der Waals surface area contributed by atoms with Crippen LogP contribution < -0.4 is 15.4 Å². The summed E-state index contributed by atoms with van der Waals surface area (Å²) in [6.45, 7) is 7.95. The molecular formula is C18H28N2O3. The predicted octanol–water partition coefficient (Wildman–Crippen LogP) is 2.84. The van der Waals surface area contributed by atoms with E-state index in [9.17, 15) is 4.79 Å². The summed E-state index contributed by atoms with van der Waals surface area (Å²) in [6.07, 6.45) is 1.80. The second kappa shape index (κ2) is 7.21. The van der Waals surface area contributed by atoms with Crippen molar-refractivity contribution in [3.63, 3.8) is 0 Å². The van der Waals surface area contributed by atoms with Gasteiger partial charge in [0.15, 0.2) is 0 Å². The van der Waals surface area contributed by atoms with Crippen LogP contribution in [0.5, 0.6) is 5.75 Å². The Morgan fingerprint density at radius 2 is 1.83 bits per heavy atom. The Kier molecular flexibility index (Phi) is 5.52. The molecule has 0 atom stereocenters.